The van der Waals surface area contributed by atoms with Crippen LogP contribution in [0.1, 0.15) is 0 Å². The zero-order valence-electron chi connectivity index (χ0n) is 13.1. The molecule has 0 aliphatic carbocycles. The van der Waals surface area contributed by atoms with Crippen molar-refractivity contribution in [1.29, 1.82) is 0 Å². The normalized spacial score (nSPS) is 10.7. The molecular weight excluding hydrogens is 274 g/mol. The maximum Gasteiger partial charge on any atom is 0.281 e. The van der Waals surface area contributed by atoms with Gasteiger partial charge in [0.2, 0.25) is 0 Å². The summed E-state index contributed by atoms with van der Waals surface area (Å²) in [6.45, 7) is 0. The second kappa shape index (κ2) is 5.56. The van der Waals surface area contributed by atoms with Gasteiger partial charge in [-0.3, -0.25) is 0 Å². The first kappa shape index (κ1) is 14.2. The predicted molar refractivity (Wildman–Crippen MR) is 82.5 cm³/mol. The summed E-state index contributed by atoms with van der Waals surface area (Å²) in [5.41, 5.74) is 4.00. The summed E-state index contributed by atoms with van der Waals surface area (Å²) in [6.07, 6.45) is 4.00. The molecule has 0 unspecified atom stereocenters. The molecule has 22 heavy (non-hydrogen) atoms. The molecule has 1 N–H and O–H groups in total. The molecule has 3 aromatic heterocycles. The van der Waals surface area contributed by atoms with Gasteiger partial charge in [0.25, 0.3) is 22.8 Å². The van der Waals surface area contributed by atoms with E-state index >= 15 is 0 Å². The van der Waals surface area contributed by atoms with Crippen LogP contribution in [0.25, 0.3) is 22.8 Å². The Hall–Kier alpha value is -2.75. The number of hydrogen-bond acceptors (Lipinski definition) is 1. The molecule has 0 aromatic carbocycles. The summed E-state index contributed by atoms with van der Waals surface area (Å²) in [5, 5.41) is 10.2. The number of aromatic nitrogens is 3. The van der Waals surface area contributed by atoms with Gasteiger partial charge in [0.1, 0.15) is 26.9 Å². The lowest BCUT2D eigenvalue weighted by atomic mass is 10.1. The average Bonchev–Trinajstić information content (AvgIpc) is 2.51. The Labute approximate surface area is 130 Å². The van der Waals surface area contributed by atoms with Crippen LogP contribution in [0.2, 0.25) is 0 Å². The van der Waals surface area contributed by atoms with E-state index < -0.39 is 0 Å². The van der Waals surface area contributed by atoms with Crippen LogP contribution in [0.15, 0.2) is 60.9 Å². The molecule has 3 rings (SSSR count). The van der Waals surface area contributed by atoms with Crippen LogP contribution in [-0.4, -0.2) is 5.11 Å². The fourth-order valence-electron chi connectivity index (χ4n) is 2.72. The quantitative estimate of drug-likeness (QED) is 0.708. The monoisotopic (exact) mass is 294 g/mol. The molecule has 0 atom stereocenters. The Morgan fingerprint density at radius 3 is 1.55 bits per heavy atom. The standard InChI is InChI=1S/C18H19N3O/c1-19-10-6-4-8-15(19)17-12-14(22)13-18(21(17)3)16-9-5-7-11-20(16)2/h4-13H,1-3H3/q+2/p+1. The first-order chi connectivity index (χ1) is 10.6. The lowest BCUT2D eigenvalue weighted by Crippen LogP contribution is -2.42. The lowest BCUT2D eigenvalue weighted by molar-refractivity contribution is -0.697. The van der Waals surface area contributed by atoms with E-state index in [-0.39, 0.29) is 5.75 Å². The van der Waals surface area contributed by atoms with Gasteiger partial charge in [0.15, 0.2) is 12.4 Å². The van der Waals surface area contributed by atoms with Gasteiger partial charge in [-0.25, -0.2) is 0 Å². The molecule has 4 heteroatoms. The van der Waals surface area contributed by atoms with Crippen LogP contribution in [0.3, 0.4) is 0 Å². The average molecular weight is 294 g/mol. The van der Waals surface area contributed by atoms with Crippen LogP contribution in [-0.2, 0) is 21.1 Å². The zero-order chi connectivity index (χ0) is 15.7. The maximum atomic E-state index is 10.2. The maximum absolute atomic E-state index is 10.2. The van der Waals surface area contributed by atoms with E-state index in [1.807, 2.05) is 79.1 Å². The molecular formula is C18H20N3O+3. The fourth-order valence-corrected chi connectivity index (χ4v) is 2.72. The third-order valence-electron chi connectivity index (χ3n) is 3.93. The molecule has 0 saturated heterocycles. The van der Waals surface area contributed by atoms with Crippen molar-refractivity contribution in [2.45, 2.75) is 0 Å². The van der Waals surface area contributed by atoms with E-state index in [9.17, 15) is 5.11 Å². The topological polar surface area (TPSA) is 31.9 Å². The smallest absolute Gasteiger partial charge is 0.281 e. The van der Waals surface area contributed by atoms with Gasteiger partial charge in [0.05, 0.1) is 12.1 Å². The molecule has 0 aliphatic heterocycles. The first-order valence-corrected chi connectivity index (χ1v) is 7.21. The number of pyridine rings is 3. The van der Waals surface area contributed by atoms with Crippen LogP contribution >= 0.6 is 0 Å². The number of rotatable bonds is 2. The Bertz CT molecular complexity index is 777. The van der Waals surface area contributed by atoms with Crippen molar-refractivity contribution in [2.24, 2.45) is 21.1 Å². The Morgan fingerprint density at radius 2 is 1.14 bits per heavy atom. The summed E-state index contributed by atoms with van der Waals surface area (Å²) in [6, 6.07) is 15.7. The number of hydrogen-bond donors (Lipinski definition) is 1. The van der Waals surface area contributed by atoms with Crippen LogP contribution < -0.4 is 13.7 Å². The largest absolute Gasteiger partial charge is 0.507 e. The van der Waals surface area contributed by atoms with Gasteiger partial charge in [-0.15, -0.1) is 0 Å². The fraction of sp³-hybridized carbons (Fsp3) is 0.167. The molecule has 0 fully saturated rings. The third kappa shape index (κ3) is 2.44. The summed E-state index contributed by atoms with van der Waals surface area (Å²) in [4.78, 5) is 0. The molecule has 0 spiro atoms. The summed E-state index contributed by atoms with van der Waals surface area (Å²) < 4.78 is 6.19. The highest BCUT2D eigenvalue weighted by molar-refractivity contribution is 5.56. The van der Waals surface area contributed by atoms with Gasteiger partial charge in [-0.2, -0.15) is 13.7 Å². The van der Waals surface area contributed by atoms with Crippen molar-refractivity contribution in [3.05, 3.63) is 60.9 Å². The van der Waals surface area contributed by atoms with Gasteiger partial charge < -0.3 is 5.11 Å². The van der Waals surface area contributed by atoms with Gasteiger partial charge in [0, 0.05) is 24.3 Å². The van der Waals surface area contributed by atoms with Crippen LogP contribution in [0, 0.1) is 0 Å². The number of aryl methyl sites for hydroxylation is 2. The molecule has 0 saturated carbocycles. The van der Waals surface area contributed by atoms with Crippen molar-refractivity contribution >= 4 is 0 Å². The zero-order valence-corrected chi connectivity index (χ0v) is 13.1. The first-order valence-electron chi connectivity index (χ1n) is 7.21. The highest BCUT2D eigenvalue weighted by atomic mass is 16.3. The highest BCUT2D eigenvalue weighted by Gasteiger charge is 2.27. The molecule has 4 nitrogen and oxygen atoms in total. The molecule has 0 radical (unpaired) electrons. The lowest BCUT2D eigenvalue weighted by Gasteiger charge is -2.04. The van der Waals surface area contributed by atoms with Gasteiger partial charge in [-0.1, -0.05) is 0 Å². The molecule has 3 aromatic rings. The van der Waals surface area contributed by atoms with E-state index in [2.05, 4.69) is 4.57 Å². The minimum Gasteiger partial charge on any atom is -0.507 e. The van der Waals surface area contributed by atoms with Crippen LogP contribution in [0.5, 0.6) is 5.75 Å². The molecule has 0 aliphatic rings. The molecule has 0 amide bonds. The van der Waals surface area contributed by atoms with E-state index in [1.165, 1.54) is 0 Å². The predicted octanol–water partition coefficient (Wildman–Crippen LogP) is 1.20. The van der Waals surface area contributed by atoms with Gasteiger partial charge >= 0.3 is 0 Å². The minimum absolute atomic E-state index is 0.260. The van der Waals surface area contributed by atoms with E-state index in [0.717, 1.165) is 22.8 Å². The Morgan fingerprint density at radius 1 is 0.682 bits per heavy atom. The second-order valence-electron chi connectivity index (χ2n) is 5.44. The molecule has 110 valence electrons. The van der Waals surface area contributed by atoms with Crippen molar-refractivity contribution in [3.63, 3.8) is 0 Å². The second-order valence-corrected chi connectivity index (χ2v) is 5.44. The number of nitrogens with zero attached hydrogens (tertiary/aromatic N) is 3. The third-order valence-corrected chi connectivity index (χ3v) is 3.93. The van der Waals surface area contributed by atoms with Crippen molar-refractivity contribution in [3.8, 4) is 28.5 Å². The van der Waals surface area contributed by atoms with Crippen molar-refractivity contribution in [2.75, 3.05) is 0 Å². The molecule has 0 bridgehead atoms. The van der Waals surface area contributed by atoms with E-state index in [1.54, 1.807) is 12.1 Å². The Balaban J connectivity index is 2.28. The van der Waals surface area contributed by atoms with Crippen LogP contribution in [0.4, 0.5) is 0 Å². The summed E-state index contributed by atoms with van der Waals surface area (Å²) >= 11 is 0. The van der Waals surface area contributed by atoms with Gasteiger partial charge in [-0.05, 0) is 12.1 Å². The Kier molecular flexibility index (Phi) is 3.59. The summed E-state index contributed by atoms with van der Waals surface area (Å²) in [7, 11) is 6.02. The van der Waals surface area contributed by atoms with E-state index in [0.29, 0.717) is 0 Å². The highest BCUT2D eigenvalue weighted by Crippen LogP contribution is 2.22. The van der Waals surface area contributed by atoms with Crippen molar-refractivity contribution < 1.29 is 18.8 Å². The number of aromatic hydroxyl groups is 1. The van der Waals surface area contributed by atoms with E-state index in [4.69, 9.17) is 0 Å². The summed E-state index contributed by atoms with van der Waals surface area (Å²) in [5.74, 6) is 0.260. The SMILES string of the molecule is C[n+]1ccccc1-c1cc(O)cc(-c2cccc[n+]2C)[n+]1C. The minimum atomic E-state index is 0.260. The van der Waals surface area contributed by atoms with Crippen molar-refractivity contribution in [1.82, 2.24) is 0 Å². The molecule has 3 heterocycles.